The van der Waals surface area contributed by atoms with E-state index < -0.39 is 58.5 Å². The van der Waals surface area contributed by atoms with E-state index in [-0.39, 0.29) is 5.69 Å². The Balaban J connectivity index is 2.36. The fourth-order valence-electron chi connectivity index (χ4n) is 2.31. The average molecular weight is 522 g/mol. The number of anilines is 2. The number of aromatic carboxylic acids is 1. The highest BCUT2D eigenvalue weighted by Crippen LogP contribution is 2.30. The number of hydrogen-bond acceptors (Lipinski definition) is 4. The Morgan fingerprint density at radius 3 is 2.34 bits per heavy atom. The number of rotatable bonds is 5. The second-order valence-corrected chi connectivity index (χ2v) is 8.24. The largest absolute Gasteiger partial charge is 0.478 e. The second kappa shape index (κ2) is 8.89. The van der Waals surface area contributed by atoms with Crippen molar-refractivity contribution in [3.05, 3.63) is 56.4 Å². The Morgan fingerprint density at radius 2 is 1.79 bits per heavy atom. The summed E-state index contributed by atoms with van der Waals surface area (Å²) in [4.78, 5) is 23.3. The fourth-order valence-corrected chi connectivity index (χ4v) is 2.76. The number of carbonyl (C=O) groups is 2. The number of benzene rings is 2. The predicted octanol–water partition coefficient (Wildman–Crippen LogP) is 5.18. The smallest absolute Gasteiger partial charge is 0.407 e. The maximum atomic E-state index is 14.6. The summed E-state index contributed by atoms with van der Waals surface area (Å²) in [7, 11) is 0. The van der Waals surface area contributed by atoms with Crippen LogP contribution in [0.5, 0.6) is 0 Å². The molecule has 2 rings (SSSR count). The van der Waals surface area contributed by atoms with Crippen molar-refractivity contribution in [1.29, 1.82) is 0 Å². The fraction of sp³-hybridized carbons (Fsp3) is 0.263. The van der Waals surface area contributed by atoms with Crippen molar-refractivity contribution < 1.29 is 32.6 Å². The molecule has 0 bridgehead atoms. The summed E-state index contributed by atoms with van der Waals surface area (Å²) >= 11 is 1.87. The van der Waals surface area contributed by atoms with E-state index in [2.05, 4.69) is 10.6 Å². The van der Waals surface area contributed by atoms with Crippen molar-refractivity contribution >= 4 is 46.0 Å². The van der Waals surface area contributed by atoms with E-state index in [9.17, 15) is 27.9 Å². The minimum Gasteiger partial charge on any atom is -0.478 e. The summed E-state index contributed by atoms with van der Waals surface area (Å²) in [6, 6.07) is 4.81. The minimum atomic E-state index is -1.56. The Hall–Kier alpha value is -2.50. The van der Waals surface area contributed by atoms with Crippen molar-refractivity contribution in [1.82, 2.24) is 5.32 Å². The van der Waals surface area contributed by atoms with E-state index in [4.69, 9.17) is 4.74 Å². The van der Waals surface area contributed by atoms with Crippen LogP contribution in [0.25, 0.3) is 0 Å². The van der Waals surface area contributed by atoms with Crippen LogP contribution in [0.15, 0.2) is 24.3 Å². The molecule has 0 fully saturated rings. The maximum Gasteiger partial charge on any atom is 0.407 e. The van der Waals surface area contributed by atoms with E-state index >= 15 is 0 Å². The van der Waals surface area contributed by atoms with Gasteiger partial charge in [0.2, 0.25) is 0 Å². The Kier molecular flexibility index (Phi) is 6.98. The van der Waals surface area contributed by atoms with Crippen LogP contribution in [0.3, 0.4) is 0 Å². The number of ether oxygens (including phenoxy) is 1. The summed E-state index contributed by atoms with van der Waals surface area (Å²) in [5, 5.41) is 13.9. The third-order valence-corrected chi connectivity index (χ3v) is 4.20. The first-order valence-corrected chi connectivity index (χ1v) is 9.40. The zero-order valence-electron chi connectivity index (χ0n) is 15.7. The molecule has 3 N–H and O–H groups in total. The monoisotopic (exact) mass is 522 g/mol. The van der Waals surface area contributed by atoms with Gasteiger partial charge in [-0.15, -0.1) is 0 Å². The van der Waals surface area contributed by atoms with Gasteiger partial charge in [-0.3, -0.25) is 0 Å². The van der Waals surface area contributed by atoms with Crippen LogP contribution in [0.4, 0.5) is 29.3 Å². The molecular weight excluding hydrogens is 504 g/mol. The highest BCUT2D eigenvalue weighted by atomic mass is 127. The third-order valence-electron chi connectivity index (χ3n) is 3.53. The average Bonchev–Trinajstić information content (AvgIpc) is 2.58. The Morgan fingerprint density at radius 1 is 1.14 bits per heavy atom. The van der Waals surface area contributed by atoms with Gasteiger partial charge >= 0.3 is 12.1 Å². The lowest BCUT2D eigenvalue weighted by Crippen LogP contribution is -2.32. The van der Waals surface area contributed by atoms with Gasteiger partial charge in [0.25, 0.3) is 0 Å². The molecule has 10 heteroatoms. The summed E-state index contributed by atoms with van der Waals surface area (Å²) in [5.41, 5.74) is -2.77. The molecule has 0 aliphatic heterocycles. The molecule has 0 unspecified atom stereocenters. The normalized spacial score (nSPS) is 11.1. The minimum absolute atomic E-state index is 0.217. The number of halogens is 4. The van der Waals surface area contributed by atoms with E-state index in [1.165, 1.54) is 12.1 Å². The SMILES string of the molecule is CC(C)(C)OC(=O)NCc1cc(C(=O)O)c(Nc2ccc(I)cc2F)c(F)c1F. The number of carbonyl (C=O) groups excluding carboxylic acids is 1. The molecule has 0 spiro atoms. The van der Waals surface area contributed by atoms with Gasteiger partial charge in [0.15, 0.2) is 11.6 Å². The molecule has 2 aromatic carbocycles. The molecule has 29 heavy (non-hydrogen) atoms. The van der Waals surface area contributed by atoms with Crippen LogP contribution in [0.1, 0.15) is 36.7 Å². The first kappa shape index (κ1) is 22.8. The van der Waals surface area contributed by atoms with Crippen LogP contribution < -0.4 is 10.6 Å². The van der Waals surface area contributed by atoms with Crippen LogP contribution in [0, 0.1) is 21.0 Å². The molecule has 156 valence electrons. The van der Waals surface area contributed by atoms with Crippen LogP contribution >= 0.6 is 22.6 Å². The van der Waals surface area contributed by atoms with Crippen molar-refractivity contribution in [2.75, 3.05) is 5.32 Å². The van der Waals surface area contributed by atoms with E-state index in [1.54, 1.807) is 20.8 Å². The molecule has 0 aromatic heterocycles. The van der Waals surface area contributed by atoms with Gasteiger partial charge in [-0.2, -0.15) is 0 Å². The van der Waals surface area contributed by atoms with Crippen LogP contribution in [-0.2, 0) is 11.3 Å². The molecule has 0 aliphatic rings. The molecule has 2 aromatic rings. The number of hydrogen-bond donors (Lipinski definition) is 3. The van der Waals surface area contributed by atoms with Crippen molar-refractivity contribution in [2.24, 2.45) is 0 Å². The lowest BCUT2D eigenvalue weighted by atomic mass is 10.1. The molecule has 1 amide bonds. The van der Waals surface area contributed by atoms with Gasteiger partial charge in [0, 0.05) is 15.7 Å². The standard InChI is InChI=1S/C19H18F3IN2O4/c1-19(2,3)29-18(28)24-8-9-6-11(17(26)27)16(15(22)14(9)21)25-13-5-4-10(23)7-12(13)20/h4-7,25H,8H2,1-3H3,(H,24,28)(H,26,27). The molecule has 0 saturated heterocycles. The molecular formula is C19H18F3IN2O4. The van der Waals surface area contributed by atoms with Crippen LogP contribution in [-0.4, -0.2) is 22.8 Å². The molecule has 0 radical (unpaired) electrons. The zero-order valence-corrected chi connectivity index (χ0v) is 17.9. The summed E-state index contributed by atoms with van der Waals surface area (Å²) in [5.74, 6) is -5.21. The molecule has 0 aliphatic carbocycles. The van der Waals surface area contributed by atoms with Gasteiger partial charge in [-0.05, 0) is 67.6 Å². The number of nitrogens with one attached hydrogen (secondary N) is 2. The topological polar surface area (TPSA) is 87.7 Å². The summed E-state index contributed by atoms with van der Waals surface area (Å²) in [6.45, 7) is 4.37. The first-order valence-electron chi connectivity index (χ1n) is 8.32. The molecule has 6 nitrogen and oxygen atoms in total. The van der Waals surface area contributed by atoms with Gasteiger partial charge < -0.3 is 20.5 Å². The van der Waals surface area contributed by atoms with Crippen LogP contribution in [0.2, 0.25) is 0 Å². The van der Waals surface area contributed by atoms with Crippen molar-refractivity contribution in [3.8, 4) is 0 Å². The predicted molar refractivity (Wildman–Crippen MR) is 109 cm³/mol. The number of carboxylic acids is 1. The van der Waals surface area contributed by atoms with Gasteiger partial charge in [0.05, 0.1) is 16.9 Å². The van der Waals surface area contributed by atoms with E-state index in [0.717, 1.165) is 12.1 Å². The lowest BCUT2D eigenvalue weighted by molar-refractivity contribution is 0.0522. The van der Waals surface area contributed by atoms with Gasteiger partial charge in [-0.25, -0.2) is 22.8 Å². The quantitative estimate of drug-likeness (QED) is 0.472. The Bertz CT molecular complexity index is 961. The maximum absolute atomic E-state index is 14.6. The lowest BCUT2D eigenvalue weighted by Gasteiger charge is -2.20. The highest BCUT2D eigenvalue weighted by molar-refractivity contribution is 14.1. The number of amides is 1. The third kappa shape index (κ3) is 5.99. The number of alkyl carbamates (subject to hydrolysis) is 1. The molecule has 0 atom stereocenters. The summed E-state index contributed by atoms with van der Waals surface area (Å²) < 4.78 is 48.7. The van der Waals surface area contributed by atoms with Gasteiger partial charge in [0.1, 0.15) is 11.4 Å². The first-order chi connectivity index (χ1) is 13.4. The zero-order chi connectivity index (χ0) is 21.9. The molecule has 0 saturated carbocycles. The number of carboxylic acid groups (broad SMARTS) is 1. The molecule has 0 heterocycles. The van der Waals surface area contributed by atoms with Gasteiger partial charge in [-0.1, -0.05) is 0 Å². The van der Waals surface area contributed by atoms with Crippen molar-refractivity contribution in [2.45, 2.75) is 32.9 Å². The Labute approximate surface area is 178 Å². The second-order valence-electron chi connectivity index (χ2n) is 7.00. The van der Waals surface area contributed by atoms with Crippen molar-refractivity contribution in [3.63, 3.8) is 0 Å². The van der Waals surface area contributed by atoms with E-state index in [0.29, 0.717) is 3.57 Å². The highest BCUT2D eigenvalue weighted by Gasteiger charge is 2.24. The van der Waals surface area contributed by atoms with E-state index in [1.807, 2.05) is 22.6 Å². The summed E-state index contributed by atoms with van der Waals surface area (Å²) in [6.07, 6.45) is -0.877.